The summed E-state index contributed by atoms with van der Waals surface area (Å²) in [6.45, 7) is -0.472. The van der Waals surface area contributed by atoms with Gasteiger partial charge in [0.25, 0.3) is 0 Å². The molecular weight excluding hydrogens is 404 g/mol. The number of aliphatic imine (C=N–C) groups is 1. The number of aliphatic hydroxyl groups excluding tert-OH is 4. The molecule has 1 saturated heterocycles. The molecule has 11 heteroatoms. The summed E-state index contributed by atoms with van der Waals surface area (Å²) in [5.41, 5.74) is 1.12. The smallest absolute Gasteiger partial charge is 0.232 e. The summed E-state index contributed by atoms with van der Waals surface area (Å²) in [5, 5.41) is 47.4. The van der Waals surface area contributed by atoms with Gasteiger partial charge in [0.15, 0.2) is 4.34 Å². The Bertz CT molecular complexity index is 799. The zero-order valence-corrected chi connectivity index (χ0v) is 16.9. The van der Waals surface area contributed by atoms with Crippen molar-refractivity contribution in [2.24, 2.45) is 4.99 Å². The molecule has 4 N–H and O–H groups in total. The van der Waals surface area contributed by atoms with E-state index in [1.54, 1.807) is 6.21 Å². The Kier molecular flexibility index (Phi) is 6.99. The topological polar surface area (TPSA) is 132 Å². The minimum Gasteiger partial charge on any atom is -0.394 e. The van der Waals surface area contributed by atoms with Gasteiger partial charge in [0.2, 0.25) is 5.13 Å². The fourth-order valence-corrected chi connectivity index (χ4v) is 4.47. The quantitative estimate of drug-likeness (QED) is 0.480. The highest BCUT2D eigenvalue weighted by molar-refractivity contribution is 8.01. The molecule has 1 aromatic heterocycles. The van der Waals surface area contributed by atoms with Crippen LogP contribution >= 0.6 is 23.1 Å². The number of benzene rings is 1. The molecule has 2 aromatic rings. The SMILES string of the molecule is CN(C)c1ccc(/C=N/c2nnc(S[C@@H]3O[C@H](CO)[C@H](O)[C@H](O)[C@H]3O)s2)cc1. The number of aliphatic hydroxyl groups is 4. The number of anilines is 1. The Hall–Kier alpha value is -1.60. The Balaban J connectivity index is 1.63. The molecule has 1 aliphatic rings. The van der Waals surface area contributed by atoms with E-state index in [1.807, 2.05) is 43.3 Å². The van der Waals surface area contributed by atoms with E-state index in [4.69, 9.17) is 4.74 Å². The predicted octanol–water partition coefficient (Wildman–Crippen LogP) is 0.247. The second-order valence-electron chi connectivity index (χ2n) is 6.41. The van der Waals surface area contributed by atoms with Crippen LogP contribution in [0.15, 0.2) is 33.6 Å². The first kappa shape index (κ1) is 21.1. The third-order valence-electron chi connectivity index (χ3n) is 4.19. The summed E-state index contributed by atoms with van der Waals surface area (Å²) in [6, 6.07) is 7.87. The van der Waals surface area contributed by atoms with Gasteiger partial charge < -0.3 is 30.1 Å². The molecule has 1 fully saturated rings. The Labute approximate surface area is 170 Å². The number of ether oxygens (including phenoxy) is 1. The van der Waals surface area contributed by atoms with Crippen LogP contribution in [0.4, 0.5) is 10.8 Å². The molecule has 3 rings (SSSR count). The van der Waals surface area contributed by atoms with Crippen molar-refractivity contribution in [1.29, 1.82) is 0 Å². The number of hydrogen-bond donors (Lipinski definition) is 4. The van der Waals surface area contributed by atoms with Crippen molar-refractivity contribution in [1.82, 2.24) is 10.2 Å². The first-order valence-corrected chi connectivity index (χ1v) is 10.2. The maximum absolute atomic E-state index is 10.1. The van der Waals surface area contributed by atoms with Gasteiger partial charge in [-0.1, -0.05) is 35.2 Å². The van der Waals surface area contributed by atoms with Crippen LogP contribution in [0.25, 0.3) is 0 Å². The molecule has 0 radical (unpaired) electrons. The van der Waals surface area contributed by atoms with Crippen LogP contribution in [-0.2, 0) is 4.74 Å². The molecule has 5 atom stereocenters. The van der Waals surface area contributed by atoms with Crippen LogP contribution < -0.4 is 4.90 Å². The molecule has 1 aromatic carbocycles. The number of aromatic nitrogens is 2. The van der Waals surface area contributed by atoms with E-state index in [2.05, 4.69) is 15.2 Å². The summed E-state index contributed by atoms with van der Waals surface area (Å²) in [6.07, 6.45) is -3.40. The molecule has 152 valence electrons. The Morgan fingerprint density at radius 2 is 1.86 bits per heavy atom. The summed E-state index contributed by atoms with van der Waals surface area (Å²) in [7, 11) is 3.94. The predicted molar refractivity (Wildman–Crippen MR) is 108 cm³/mol. The van der Waals surface area contributed by atoms with Gasteiger partial charge in [0.1, 0.15) is 29.9 Å². The van der Waals surface area contributed by atoms with Gasteiger partial charge >= 0.3 is 0 Å². The zero-order chi connectivity index (χ0) is 20.3. The van der Waals surface area contributed by atoms with Crippen LogP contribution in [0.2, 0.25) is 0 Å². The van der Waals surface area contributed by atoms with Gasteiger partial charge in [-0.05, 0) is 17.7 Å². The van der Waals surface area contributed by atoms with Crippen molar-refractivity contribution in [3.05, 3.63) is 29.8 Å². The van der Waals surface area contributed by atoms with E-state index >= 15 is 0 Å². The van der Waals surface area contributed by atoms with E-state index in [1.165, 1.54) is 11.3 Å². The van der Waals surface area contributed by atoms with Crippen molar-refractivity contribution in [3.8, 4) is 0 Å². The first-order chi connectivity index (χ1) is 13.4. The van der Waals surface area contributed by atoms with Crippen molar-refractivity contribution in [2.45, 2.75) is 34.2 Å². The number of thioether (sulfide) groups is 1. The molecular formula is C17H22N4O5S2. The number of rotatable bonds is 6. The van der Waals surface area contributed by atoms with E-state index in [9.17, 15) is 20.4 Å². The molecule has 9 nitrogen and oxygen atoms in total. The minimum atomic E-state index is -1.42. The van der Waals surface area contributed by atoms with Gasteiger partial charge in [-0.15, -0.1) is 10.2 Å². The van der Waals surface area contributed by atoms with Crippen LogP contribution in [0.1, 0.15) is 5.56 Å². The maximum atomic E-state index is 10.1. The normalized spacial score (nSPS) is 28.0. The summed E-state index contributed by atoms with van der Waals surface area (Å²) >= 11 is 2.26. The Morgan fingerprint density at radius 1 is 1.14 bits per heavy atom. The standard InChI is InChI=1S/C17H22N4O5S2/c1-21(2)10-5-3-9(4-6-10)7-18-16-19-20-17(28-16)27-15-14(25)13(24)12(23)11(8-22)26-15/h3-7,11-15,22-25H,8H2,1-2H3/b18-7+/t11-,12+,13+,14-,15+/m1/s1. The van der Waals surface area contributed by atoms with Crippen molar-refractivity contribution < 1.29 is 25.2 Å². The van der Waals surface area contributed by atoms with Gasteiger partial charge in [-0.3, -0.25) is 0 Å². The fraction of sp³-hybridized carbons (Fsp3) is 0.471. The monoisotopic (exact) mass is 426 g/mol. The fourth-order valence-electron chi connectivity index (χ4n) is 2.55. The van der Waals surface area contributed by atoms with E-state index in [-0.39, 0.29) is 0 Å². The van der Waals surface area contributed by atoms with Gasteiger partial charge in [0.05, 0.1) is 6.61 Å². The largest absolute Gasteiger partial charge is 0.394 e. The average Bonchev–Trinajstić information content (AvgIpc) is 3.14. The van der Waals surface area contributed by atoms with Crippen LogP contribution in [0, 0.1) is 0 Å². The summed E-state index contributed by atoms with van der Waals surface area (Å²) in [5.74, 6) is 0. The van der Waals surface area contributed by atoms with Crippen LogP contribution in [0.3, 0.4) is 0 Å². The second kappa shape index (κ2) is 9.27. The van der Waals surface area contributed by atoms with Crippen molar-refractivity contribution in [3.63, 3.8) is 0 Å². The molecule has 28 heavy (non-hydrogen) atoms. The highest BCUT2D eigenvalue weighted by Crippen LogP contribution is 2.36. The van der Waals surface area contributed by atoms with Gasteiger partial charge in [0, 0.05) is 26.0 Å². The number of nitrogens with zero attached hydrogens (tertiary/aromatic N) is 4. The lowest BCUT2D eigenvalue weighted by Gasteiger charge is -2.39. The zero-order valence-electron chi connectivity index (χ0n) is 15.3. The highest BCUT2D eigenvalue weighted by Gasteiger charge is 2.44. The molecule has 0 unspecified atom stereocenters. The van der Waals surface area contributed by atoms with E-state index in [0.717, 1.165) is 23.0 Å². The van der Waals surface area contributed by atoms with Crippen LogP contribution in [0.5, 0.6) is 0 Å². The lowest BCUT2D eigenvalue weighted by atomic mass is 10.0. The third kappa shape index (κ3) is 4.87. The summed E-state index contributed by atoms with van der Waals surface area (Å²) < 4.78 is 5.94. The van der Waals surface area contributed by atoms with Crippen molar-refractivity contribution >= 4 is 40.1 Å². The molecule has 1 aliphatic heterocycles. The first-order valence-electron chi connectivity index (χ1n) is 8.51. The third-order valence-corrected chi connectivity index (χ3v) is 6.26. The highest BCUT2D eigenvalue weighted by atomic mass is 32.2. The van der Waals surface area contributed by atoms with E-state index in [0.29, 0.717) is 9.47 Å². The van der Waals surface area contributed by atoms with Crippen LogP contribution in [-0.4, -0.2) is 87.4 Å². The molecule has 0 bridgehead atoms. The van der Waals surface area contributed by atoms with E-state index < -0.39 is 36.5 Å². The molecule has 0 spiro atoms. The van der Waals surface area contributed by atoms with Gasteiger partial charge in [-0.2, -0.15) is 0 Å². The molecule has 0 aliphatic carbocycles. The average molecular weight is 427 g/mol. The van der Waals surface area contributed by atoms with Crippen molar-refractivity contribution in [2.75, 3.05) is 25.6 Å². The maximum Gasteiger partial charge on any atom is 0.232 e. The van der Waals surface area contributed by atoms with Gasteiger partial charge in [-0.25, -0.2) is 4.99 Å². The molecule has 0 saturated carbocycles. The number of hydrogen-bond acceptors (Lipinski definition) is 11. The lowest BCUT2D eigenvalue weighted by molar-refractivity contribution is -0.205. The Morgan fingerprint density at radius 3 is 2.50 bits per heavy atom. The second-order valence-corrected chi connectivity index (χ2v) is 8.71. The lowest BCUT2D eigenvalue weighted by Crippen LogP contribution is -2.57. The summed E-state index contributed by atoms with van der Waals surface area (Å²) in [4.78, 5) is 6.31. The minimum absolute atomic E-state index is 0.434. The molecule has 0 amide bonds. The molecule has 2 heterocycles.